The number of phenols is 1. The van der Waals surface area contributed by atoms with E-state index >= 15 is 0 Å². The van der Waals surface area contributed by atoms with E-state index in [-0.39, 0.29) is 17.0 Å². The number of carbonyl (C=O) groups excluding carboxylic acids is 1. The second kappa shape index (κ2) is 3.67. The fourth-order valence-corrected chi connectivity index (χ4v) is 1.48. The normalized spacial score (nSPS) is 10.9. The molecule has 0 aliphatic rings. The SMILES string of the molecule is CS(=O)(=O)Nc1ccc(C=O)cc1O. The number of hydrogen-bond acceptors (Lipinski definition) is 4. The first-order chi connectivity index (χ1) is 6.42. The highest BCUT2D eigenvalue weighted by atomic mass is 32.2. The summed E-state index contributed by atoms with van der Waals surface area (Å²) < 4.78 is 23.7. The molecule has 1 rings (SSSR count). The quantitative estimate of drug-likeness (QED) is 0.570. The van der Waals surface area contributed by atoms with Gasteiger partial charge >= 0.3 is 0 Å². The van der Waals surface area contributed by atoms with Crippen molar-refractivity contribution in [3.63, 3.8) is 0 Å². The largest absolute Gasteiger partial charge is 0.506 e. The molecule has 0 fully saturated rings. The summed E-state index contributed by atoms with van der Waals surface area (Å²) in [6.07, 6.45) is 1.53. The zero-order chi connectivity index (χ0) is 10.8. The summed E-state index contributed by atoms with van der Waals surface area (Å²) in [5.74, 6) is -0.278. The Morgan fingerprint density at radius 2 is 2.07 bits per heavy atom. The van der Waals surface area contributed by atoms with E-state index in [1.807, 2.05) is 0 Å². The molecule has 0 saturated carbocycles. The second-order valence-corrected chi connectivity index (χ2v) is 4.52. The van der Waals surface area contributed by atoms with Crippen molar-refractivity contribution >= 4 is 22.0 Å². The molecule has 0 atom stereocenters. The standard InChI is InChI=1S/C8H9NO4S/c1-14(12,13)9-7-3-2-6(5-10)4-8(7)11/h2-5,9,11H,1H3. The molecule has 0 heterocycles. The van der Waals surface area contributed by atoms with Crippen LogP contribution in [0.15, 0.2) is 18.2 Å². The van der Waals surface area contributed by atoms with Crippen molar-refractivity contribution in [2.24, 2.45) is 0 Å². The number of aldehydes is 1. The average Bonchev–Trinajstić information content (AvgIpc) is 2.06. The Labute approximate surface area is 81.4 Å². The second-order valence-electron chi connectivity index (χ2n) is 2.77. The molecule has 0 saturated heterocycles. The molecular formula is C8H9NO4S. The fraction of sp³-hybridized carbons (Fsp3) is 0.125. The van der Waals surface area contributed by atoms with E-state index in [0.717, 1.165) is 6.26 Å². The third kappa shape index (κ3) is 2.74. The maximum absolute atomic E-state index is 10.8. The number of hydrogen-bond donors (Lipinski definition) is 2. The van der Waals surface area contributed by atoms with Gasteiger partial charge in [-0.1, -0.05) is 0 Å². The minimum absolute atomic E-state index is 0.0538. The summed E-state index contributed by atoms with van der Waals surface area (Å²) >= 11 is 0. The highest BCUT2D eigenvalue weighted by Gasteiger charge is 2.06. The van der Waals surface area contributed by atoms with Crippen LogP contribution >= 0.6 is 0 Å². The third-order valence-corrected chi connectivity index (χ3v) is 2.04. The molecule has 0 amide bonds. The summed E-state index contributed by atoms with van der Waals surface area (Å²) in [5, 5.41) is 9.30. The summed E-state index contributed by atoms with van der Waals surface area (Å²) in [4.78, 5) is 10.3. The van der Waals surface area contributed by atoms with E-state index in [9.17, 15) is 18.3 Å². The van der Waals surface area contributed by atoms with Crippen molar-refractivity contribution < 1.29 is 18.3 Å². The van der Waals surface area contributed by atoms with Crippen LogP contribution in [0.2, 0.25) is 0 Å². The Morgan fingerprint density at radius 1 is 1.43 bits per heavy atom. The lowest BCUT2D eigenvalue weighted by Gasteiger charge is -2.05. The highest BCUT2D eigenvalue weighted by Crippen LogP contribution is 2.24. The molecule has 0 bridgehead atoms. The van der Waals surface area contributed by atoms with Gasteiger partial charge in [-0.3, -0.25) is 9.52 Å². The van der Waals surface area contributed by atoms with Gasteiger partial charge in [0, 0.05) is 5.56 Å². The number of carbonyl (C=O) groups is 1. The van der Waals surface area contributed by atoms with Crippen molar-refractivity contribution in [2.75, 3.05) is 11.0 Å². The van der Waals surface area contributed by atoms with E-state index in [1.165, 1.54) is 18.2 Å². The summed E-state index contributed by atoms with van der Waals surface area (Å²) in [5.41, 5.74) is 0.333. The molecule has 0 aliphatic heterocycles. The van der Waals surface area contributed by atoms with E-state index in [1.54, 1.807) is 0 Å². The van der Waals surface area contributed by atoms with Gasteiger partial charge in [0.05, 0.1) is 11.9 Å². The van der Waals surface area contributed by atoms with Gasteiger partial charge in [0.15, 0.2) is 0 Å². The smallest absolute Gasteiger partial charge is 0.229 e. The number of sulfonamides is 1. The molecule has 2 N–H and O–H groups in total. The molecule has 0 radical (unpaired) electrons. The molecule has 14 heavy (non-hydrogen) atoms. The van der Waals surface area contributed by atoms with Crippen LogP contribution < -0.4 is 4.72 Å². The number of rotatable bonds is 3. The molecule has 1 aromatic carbocycles. The first kappa shape index (κ1) is 10.5. The molecule has 0 aliphatic carbocycles. The lowest BCUT2D eigenvalue weighted by molar-refractivity contribution is 0.112. The van der Waals surface area contributed by atoms with Crippen molar-refractivity contribution in [1.82, 2.24) is 0 Å². The maximum Gasteiger partial charge on any atom is 0.229 e. The first-order valence-electron chi connectivity index (χ1n) is 3.68. The predicted octanol–water partition coefficient (Wildman–Crippen LogP) is 0.576. The average molecular weight is 215 g/mol. The van der Waals surface area contributed by atoms with Gasteiger partial charge in [-0.05, 0) is 18.2 Å². The van der Waals surface area contributed by atoms with Gasteiger partial charge in [-0.2, -0.15) is 0 Å². The number of phenolic OH excluding ortho intramolecular Hbond substituents is 1. The van der Waals surface area contributed by atoms with Crippen LogP contribution in [0.3, 0.4) is 0 Å². The maximum atomic E-state index is 10.8. The molecule has 0 spiro atoms. The van der Waals surface area contributed by atoms with E-state index < -0.39 is 10.0 Å². The van der Waals surface area contributed by atoms with Crippen LogP contribution in [0.5, 0.6) is 5.75 Å². The molecular weight excluding hydrogens is 206 g/mol. The van der Waals surface area contributed by atoms with Crippen LogP contribution in [-0.2, 0) is 10.0 Å². The van der Waals surface area contributed by atoms with Crippen LogP contribution in [0, 0.1) is 0 Å². The summed E-state index contributed by atoms with van der Waals surface area (Å²) in [6, 6.07) is 3.90. The number of aromatic hydroxyl groups is 1. The summed E-state index contributed by atoms with van der Waals surface area (Å²) in [7, 11) is -3.42. The lowest BCUT2D eigenvalue weighted by Crippen LogP contribution is -2.09. The van der Waals surface area contributed by atoms with Gasteiger partial charge in [-0.25, -0.2) is 8.42 Å². The minimum atomic E-state index is -3.42. The number of benzene rings is 1. The van der Waals surface area contributed by atoms with E-state index in [4.69, 9.17) is 0 Å². The van der Waals surface area contributed by atoms with Crippen molar-refractivity contribution in [3.05, 3.63) is 23.8 Å². The first-order valence-corrected chi connectivity index (χ1v) is 5.57. The van der Waals surface area contributed by atoms with Gasteiger partial charge in [0.2, 0.25) is 10.0 Å². The van der Waals surface area contributed by atoms with Gasteiger partial charge < -0.3 is 5.11 Å². The van der Waals surface area contributed by atoms with Gasteiger partial charge in [0.25, 0.3) is 0 Å². The molecule has 0 unspecified atom stereocenters. The van der Waals surface area contributed by atoms with Crippen molar-refractivity contribution in [3.8, 4) is 5.75 Å². The lowest BCUT2D eigenvalue weighted by atomic mass is 10.2. The third-order valence-electron chi connectivity index (χ3n) is 1.45. The molecule has 5 nitrogen and oxygen atoms in total. The van der Waals surface area contributed by atoms with Crippen LogP contribution in [0.25, 0.3) is 0 Å². The minimum Gasteiger partial charge on any atom is -0.506 e. The van der Waals surface area contributed by atoms with Gasteiger partial charge in [0.1, 0.15) is 12.0 Å². The number of anilines is 1. The Balaban J connectivity index is 3.07. The zero-order valence-corrected chi connectivity index (χ0v) is 8.21. The Hall–Kier alpha value is -1.56. The van der Waals surface area contributed by atoms with Crippen LogP contribution in [0.4, 0.5) is 5.69 Å². The Bertz CT molecular complexity index is 452. The number of nitrogens with one attached hydrogen (secondary N) is 1. The van der Waals surface area contributed by atoms with E-state index in [0.29, 0.717) is 6.29 Å². The van der Waals surface area contributed by atoms with Crippen molar-refractivity contribution in [1.29, 1.82) is 0 Å². The summed E-state index contributed by atoms with van der Waals surface area (Å²) in [6.45, 7) is 0. The molecule has 6 heteroatoms. The monoisotopic (exact) mass is 215 g/mol. The highest BCUT2D eigenvalue weighted by molar-refractivity contribution is 7.92. The Kier molecular flexibility index (Phi) is 2.76. The molecule has 1 aromatic rings. The fourth-order valence-electron chi connectivity index (χ4n) is 0.908. The Morgan fingerprint density at radius 3 is 2.50 bits per heavy atom. The van der Waals surface area contributed by atoms with Crippen molar-refractivity contribution in [2.45, 2.75) is 0 Å². The topological polar surface area (TPSA) is 83.5 Å². The van der Waals surface area contributed by atoms with E-state index in [2.05, 4.69) is 4.72 Å². The zero-order valence-electron chi connectivity index (χ0n) is 7.39. The predicted molar refractivity (Wildman–Crippen MR) is 52.0 cm³/mol. The van der Waals surface area contributed by atoms with Crippen LogP contribution in [-0.4, -0.2) is 26.1 Å². The molecule has 0 aromatic heterocycles. The van der Waals surface area contributed by atoms with Gasteiger partial charge in [-0.15, -0.1) is 0 Å². The molecule has 76 valence electrons. The van der Waals surface area contributed by atoms with Crippen LogP contribution in [0.1, 0.15) is 10.4 Å².